The quantitative estimate of drug-likeness (QED) is 0.696. The second-order valence-electron chi connectivity index (χ2n) is 7.12. The van der Waals surface area contributed by atoms with Gasteiger partial charge in [-0.05, 0) is 49.1 Å². The first-order valence-electron chi connectivity index (χ1n) is 9.36. The molecule has 0 fully saturated rings. The van der Waals surface area contributed by atoms with Crippen LogP contribution in [0.4, 0.5) is 5.69 Å². The Morgan fingerprint density at radius 2 is 1.90 bits per heavy atom. The third-order valence-corrected chi connectivity index (χ3v) is 6.01. The molecule has 2 aromatic rings. The minimum Gasteiger partial charge on any atom is -0.452 e. The molecule has 3 rings (SSSR count). The van der Waals surface area contributed by atoms with E-state index in [1.165, 1.54) is 10.4 Å². The van der Waals surface area contributed by atoms with E-state index < -0.39 is 16.0 Å². The molecule has 0 saturated carbocycles. The summed E-state index contributed by atoms with van der Waals surface area (Å²) in [5.74, 6) is -0.983. The Labute approximate surface area is 170 Å². The van der Waals surface area contributed by atoms with Crippen molar-refractivity contribution in [3.63, 3.8) is 0 Å². The molecule has 0 unspecified atom stereocenters. The van der Waals surface area contributed by atoms with Gasteiger partial charge in [0.25, 0.3) is 5.91 Å². The van der Waals surface area contributed by atoms with Crippen LogP contribution in [0.5, 0.6) is 0 Å². The van der Waals surface area contributed by atoms with Crippen LogP contribution >= 0.6 is 0 Å². The molecule has 1 atom stereocenters. The molecular formula is C21H24N2O5S. The van der Waals surface area contributed by atoms with Crippen LogP contribution in [0.3, 0.4) is 0 Å². The number of fused-ring (bicyclic) bond motifs is 1. The molecule has 0 aliphatic carbocycles. The summed E-state index contributed by atoms with van der Waals surface area (Å²) in [6, 6.07) is 14.3. The topological polar surface area (TPSA) is 92.8 Å². The van der Waals surface area contributed by atoms with Gasteiger partial charge in [-0.2, -0.15) is 0 Å². The van der Waals surface area contributed by atoms with Crippen LogP contribution in [0.2, 0.25) is 0 Å². The van der Waals surface area contributed by atoms with E-state index >= 15 is 0 Å². The summed E-state index contributed by atoms with van der Waals surface area (Å²) in [5.41, 5.74) is 2.75. The molecule has 154 valence electrons. The average molecular weight is 416 g/mol. The van der Waals surface area contributed by atoms with Crippen molar-refractivity contribution in [2.75, 3.05) is 23.7 Å². The van der Waals surface area contributed by atoms with Crippen LogP contribution in [0.1, 0.15) is 28.4 Å². The molecule has 2 aromatic carbocycles. The smallest absolute Gasteiger partial charge is 0.338 e. The summed E-state index contributed by atoms with van der Waals surface area (Å²) in [5, 5.41) is 2.72. The van der Waals surface area contributed by atoms with Gasteiger partial charge < -0.3 is 10.1 Å². The predicted octanol–water partition coefficient (Wildman–Crippen LogP) is 1.91. The summed E-state index contributed by atoms with van der Waals surface area (Å²) in [7, 11) is -3.38. The number of hydrogen-bond acceptors (Lipinski definition) is 5. The highest BCUT2D eigenvalue weighted by Crippen LogP contribution is 2.34. The zero-order valence-corrected chi connectivity index (χ0v) is 17.2. The Morgan fingerprint density at radius 1 is 1.17 bits per heavy atom. The number of rotatable bonds is 7. The van der Waals surface area contributed by atoms with Crippen molar-refractivity contribution in [1.82, 2.24) is 5.32 Å². The minimum atomic E-state index is -3.38. The molecule has 1 heterocycles. The average Bonchev–Trinajstić information content (AvgIpc) is 3.02. The normalized spacial score (nSPS) is 15.7. The summed E-state index contributed by atoms with van der Waals surface area (Å²) in [6.45, 7) is 1.91. The first-order valence-corrected chi connectivity index (χ1v) is 11.2. The maximum absolute atomic E-state index is 12.3. The van der Waals surface area contributed by atoms with Crippen molar-refractivity contribution in [2.45, 2.75) is 25.8 Å². The van der Waals surface area contributed by atoms with E-state index in [0.717, 1.165) is 17.4 Å². The molecule has 1 aliphatic heterocycles. The molecule has 29 heavy (non-hydrogen) atoms. The standard InChI is InChI=1S/C21H24N2O5S/c1-15-12-18-13-17(8-9-19(18)23(15)29(2,26)27)21(25)28-14-20(24)22-11-10-16-6-4-3-5-7-16/h3-9,13,15H,10-12,14H2,1-2H3,(H,22,24)/t15-/m0/s1. The number of hydrogen-bond donors (Lipinski definition) is 1. The van der Waals surface area contributed by atoms with Gasteiger partial charge in [-0.25, -0.2) is 13.2 Å². The number of esters is 1. The number of amides is 1. The summed E-state index contributed by atoms with van der Waals surface area (Å²) < 4.78 is 30.4. The second kappa shape index (κ2) is 8.65. The summed E-state index contributed by atoms with van der Waals surface area (Å²) in [4.78, 5) is 24.2. The highest BCUT2D eigenvalue weighted by molar-refractivity contribution is 7.92. The fourth-order valence-corrected chi connectivity index (χ4v) is 4.76. The molecule has 0 aromatic heterocycles. The second-order valence-corrected chi connectivity index (χ2v) is 8.98. The number of nitrogens with zero attached hydrogens (tertiary/aromatic N) is 1. The summed E-state index contributed by atoms with van der Waals surface area (Å²) >= 11 is 0. The van der Waals surface area contributed by atoms with Gasteiger partial charge in [0, 0.05) is 12.6 Å². The molecule has 1 N–H and O–H groups in total. The van der Waals surface area contributed by atoms with Gasteiger partial charge >= 0.3 is 5.97 Å². The van der Waals surface area contributed by atoms with Gasteiger partial charge in [0.2, 0.25) is 10.0 Å². The monoisotopic (exact) mass is 416 g/mol. The third kappa shape index (κ3) is 5.14. The molecule has 0 saturated heterocycles. The minimum absolute atomic E-state index is 0.207. The van der Waals surface area contributed by atoms with E-state index in [0.29, 0.717) is 30.6 Å². The number of carbonyl (C=O) groups excluding carboxylic acids is 2. The highest BCUT2D eigenvalue weighted by Gasteiger charge is 2.32. The van der Waals surface area contributed by atoms with Crippen LogP contribution < -0.4 is 9.62 Å². The predicted molar refractivity (Wildman–Crippen MR) is 110 cm³/mol. The molecular weight excluding hydrogens is 392 g/mol. The number of nitrogens with one attached hydrogen (secondary N) is 1. The maximum atomic E-state index is 12.3. The third-order valence-electron chi connectivity index (χ3n) is 4.74. The molecule has 1 amide bonds. The Hall–Kier alpha value is -2.87. The van der Waals surface area contributed by atoms with Crippen molar-refractivity contribution in [3.8, 4) is 0 Å². The lowest BCUT2D eigenvalue weighted by Gasteiger charge is -2.21. The van der Waals surface area contributed by atoms with Crippen LogP contribution in [0.25, 0.3) is 0 Å². The van der Waals surface area contributed by atoms with Gasteiger partial charge in [-0.15, -0.1) is 0 Å². The Morgan fingerprint density at radius 3 is 2.59 bits per heavy atom. The lowest BCUT2D eigenvalue weighted by Crippen LogP contribution is -2.34. The Kier molecular flexibility index (Phi) is 6.22. The lowest BCUT2D eigenvalue weighted by molar-refractivity contribution is -0.124. The molecule has 0 radical (unpaired) electrons. The first-order chi connectivity index (χ1) is 13.8. The first kappa shape index (κ1) is 20.9. The largest absolute Gasteiger partial charge is 0.452 e. The van der Waals surface area contributed by atoms with E-state index in [-0.39, 0.29) is 18.6 Å². The zero-order chi connectivity index (χ0) is 21.0. The Bertz CT molecular complexity index is 1000. The molecule has 0 spiro atoms. The van der Waals surface area contributed by atoms with Crippen molar-refractivity contribution in [3.05, 3.63) is 65.2 Å². The Balaban J connectivity index is 1.52. The van der Waals surface area contributed by atoms with Crippen LogP contribution in [-0.2, 0) is 32.4 Å². The van der Waals surface area contributed by atoms with Gasteiger partial charge in [0.1, 0.15) is 0 Å². The van der Waals surface area contributed by atoms with E-state index in [9.17, 15) is 18.0 Å². The number of ether oxygens (including phenoxy) is 1. The van der Waals surface area contributed by atoms with Crippen LogP contribution in [0, 0.1) is 0 Å². The van der Waals surface area contributed by atoms with Crippen molar-refractivity contribution in [1.29, 1.82) is 0 Å². The van der Waals surface area contributed by atoms with Crippen molar-refractivity contribution < 1.29 is 22.7 Å². The number of benzene rings is 2. The SMILES string of the molecule is C[C@H]1Cc2cc(C(=O)OCC(=O)NCCc3ccccc3)ccc2N1S(C)(=O)=O. The molecule has 1 aliphatic rings. The highest BCUT2D eigenvalue weighted by atomic mass is 32.2. The van der Waals surface area contributed by atoms with Crippen LogP contribution in [0.15, 0.2) is 48.5 Å². The van der Waals surface area contributed by atoms with E-state index in [2.05, 4.69) is 5.32 Å². The summed E-state index contributed by atoms with van der Waals surface area (Å²) in [6.07, 6.45) is 2.38. The van der Waals surface area contributed by atoms with Gasteiger partial charge in [-0.1, -0.05) is 30.3 Å². The maximum Gasteiger partial charge on any atom is 0.338 e. The van der Waals surface area contributed by atoms with Crippen molar-refractivity contribution >= 4 is 27.6 Å². The number of carbonyl (C=O) groups is 2. The van der Waals surface area contributed by atoms with Gasteiger partial charge in [0.05, 0.1) is 17.5 Å². The van der Waals surface area contributed by atoms with E-state index in [4.69, 9.17) is 4.74 Å². The van der Waals surface area contributed by atoms with E-state index in [1.54, 1.807) is 12.1 Å². The zero-order valence-electron chi connectivity index (χ0n) is 16.4. The van der Waals surface area contributed by atoms with Crippen molar-refractivity contribution in [2.24, 2.45) is 0 Å². The van der Waals surface area contributed by atoms with Crippen LogP contribution in [-0.4, -0.2) is 45.7 Å². The lowest BCUT2D eigenvalue weighted by atomic mass is 10.1. The molecule has 7 nitrogen and oxygen atoms in total. The van der Waals surface area contributed by atoms with E-state index in [1.807, 2.05) is 37.3 Å². The fraction of sp³-hybridized carbons (Fsp3) is 0.333. The van der Waals surface area contributed by atoms with Gasteiger partial charge in [0.15, 0.2) is 6.61 Å². The molecule has 0 bridgehead atoms. The molecule has 8 heteroatoms. The fourth-order valence-electron chi connectivity index (χ4n) is 3.49. The number of sulfonamides is 1. The number of anilines is 1. The van der Waals surface area contributed by atoms with Gasteiger partial charge in [-0.3, -0.25) is 9.10 Å².